The minimum Gasteiger partial charge on any atom is -0.313 e. The predicted octanol–water partition coefficient (Wildman–Crippen LogP) is 7.65. The average Bonchev–Trinajstić information content (AvgIpc) is 3.05. The zero-order valence-electron chi connectivity index (χ0n) is 19.9. The van der Waals surface area contributed by atoms with Crippen LogP contribution in [0.15, 0.2) is 112 Å². The lowest BCUT2D eigenvalue weighted by molar-refractivity contribution is -0.115. The number of halogens is 1. The van der Waals surface area contributed by atoms with E-state index in [1.165, 1.54) is 6.34 Å². The summed E-state index contributed by atoms with van der Waals surface area (Å²) in [6, 6.07) is 20.2. The highest BCUT2D eigenvalue weighted by Crippen LogP contribution is 2.37. The van der Waals surface area contributed by atoms with Crippen LogP contribution in [0.1, 0.15) is 31.9 Å². The van der Waals surface area contributed by atoms with Crippen LogP contribution in [0.25, 0.3) is 11.1 Å². The lowest BCUT2D eigenvalue weighted by Gasteiger charge is -2.18. The van der Waals surface area contributed by atoms with Crippen LogP contribution in [0.2, 0.25) is 0 Å². The number of thioether (sulfide) groups is 1. The van der Waals surface area contributed by atoms with Crippen molar-refractivity contribution < 1.29 is 4.79 Å². The summed E-state index contributed by atoms with van der Waals surface area (Å²) in [6.45, 7) is 10.1. The second kappa shape index (κ2) is 14.9. The van der Waals surface area contributed by atoms with E-state index in [-0.39, 0.29) is 5.91 Å². The van der Waals surface area contributed by atoms with E-state index in [0.717, 1.165) is 27.2 Å². The molecule has 3 rings (SSSR count). The highest BCUT2D eigenvalue weighted by Gasteiger charge is 2.24. The van der Waals surface area contributed by atoms with E-state index >= 15 is 0 Å². The Hall–Kier alpha value is -3.08. The maximum Gasteiger partial charge on any atom is 0.257 e. The van der Waals surface area contributed by atoms with Crippen LogP contribution in [0.3, 0.4) is 0 Å². The lowest BCUT2D eigenvalue weighted by Crippen LogP contribution is -2.23. The van der Waals surface area contributed by atoms with Crippen molar-refractivity contribution in [2.45, 2.75) is 20.8 Å². The molecule has 176 valence electrons. The van der Waals surface area contributed by atoms with Gasteiger partial charge in [-0.15, -0.1) is 11.8 Å². The molecule has 2 aromatic carbocycles. The summed E-state index contributed by atoms with van der Waals surface area (Å²) >= 11 is 7.36. The second-order valence-electron chi connectivity index (χ2n) is 7.02. The number of hydrogen-bond donors (Lipinski definition) is 1. The van der Waals surface area contributed by atoms with Crippen LogP contribution >= 0.6 is 23.4 Å². The Labute approximate surface area is 212 Å². The van der Waals surface area contributed by atoms with Gasteiger partial charge in [-0.05, 0) is 35.3 Å². The van der Waals surface area contributed by atoms with Crippen molar-refractivity contribution in [2.75, 3.05) is 12.3 Å². The molecule has 0 spiro atoms. The highest BCUT2D eigenvalue weighted by molar-refractivity contribution is 8.03. The van der Waals surface area contributed by atoms with Crippen molar-refractivity contribution in [3.05, 3.63) is 118 Å². The molecule has 34 heavy (non-hydrogen) atoms. The van der Waals surface area contributed by atoms with E-state index in [1.807, 2.05) is 80.6 Å². The van der Waals surface area contributed by atoms with Gasteiger partial charge in [-0.25, -0.2) is 0 Å². The van der Waals surface area contributed by atoms with Crippen LogP contribution in [0.4, 0.5) is 0 Å². The molecule has 3 nitrogen and oxygen atoms in total. The molecule has 0 fully saturated rings. The maximum absolute atomic E-state index is 13.2. The van der Waals surface area contributed by atoms with E-state index < -0.39 is 0 Å². The van der Waals surface area contributed by atoms with Gasteiger partial charge in [0.05, 0.1) is 18.5 Å². The fraction of sp³-hybridized carbons (Fsp3) is 0.172. The molecule has 0 saturated carbocycles. The Kier molecular flexibility index (Phi) is 11.9. The molecule has 1 aliphatic heterocycles. The first-order valence-electron chi connectivity index (χ1n) is 11.2. The molecule has 0 saturated heterocycles. The summed E-state index contributed by atoms with van der Waals surface area (Å²) in [4.78, 5) is 18.5. The molecule has 1 N–H and O–H groups in total. The quantitative estimate of drug-likeness (QED) is 0.305. The molecule has 0 aromatic heterocycles. The summed E-state index contributed by atoms with van der Waals surface area (Å²) in [6.07, 6.45) is 9.01. The number of rotatable bonds is 8. The number of amides is 1. The smallest absolute Gasteiger partial charge is 0.257 e. The molecular weight excluding hydrogens is 460 g/mol. The van der Waals surface area contributed by atoms with E-state index in [1.54, 1.807) is 17.8 Å². The second-order valence-corrected chi connectivity index (χ2v) is 8.62. The number of aliphatic imine (C=N–C) groups is 1. The predicted molar refractivity (Wildman–Crippen MR) is 151 cm³/mol. The third-order valence-electron chi connectivity index (χ3n) is 4.80. The highest BCUT2D eigenvalue weighted by atomic mass is 35.5. The zero-order valence-corrected chi connectivity index (χ0v) is 21.5. The number of nitrogens with zero attached hydrogens (tertiary/aromatic N) is 1. The topological polar surface area (TPSA) is 41.5 Å². The summed E-state index contributed by atoms with van der Waals surface area (Å²) in [5.41, 5.74) is 4.70. The third kappa shape index (κ3) is 8.05. The number of nitrogens with one attached hydrogen (secondary N) is 1. The molecule has 0 radical (unpaired) electrons. The van der Waals surface area contributed by atoms with Crippen LogP contribution in [0, 0.1) is 0 Å². The first-order valence-corrected chi connectivity index (χ1v) is 12.6. The third-order valence-corrected chi connectivity index (χ3v) is 5.97. The molecule has 0 aliphatic carbocycles. The van der Waals surface area contributed by atoms with Gasteiger partial charge in [0.2, 0.25) is 0 Å². The SMILES string of the molecule is C=C(Cl)/C=C\C=C/CSC1=C(/C(=C(\C)c2ccccc2)c2ccccc2)C(=O)NC=NC1.CC. The number of benzene rings is 2. The molecule has 2 aromatic rings. The summed E-state index contributed by atoms with van der Waals surface area (Å²) in [5, 5.41) is 3.30. The Morgan fingerprint density at radius 2 is 1.68 bits per heavy atom. The minimum atomic E-state index is -0.148. The van der Waals surface area contributed by atoms with Crippen molar-refractivity contribution in [2.24, 2.45) is 4.99 Å². The largest absolute Gasteiger partial charge is 0.313 e. The summed E-state index contributed by atoms with van der Waals surface area (Å²) in [7, 11) is 0. The lowest BCUT2D eigenvalue weighted by atomic mass is 9.89. The van der Waals surface area contributed by atoms with Crippen molar-refractivity contribution in [1.82, 2.24) is 5.32 Å². The van der Waals surface area contributed by atoms with Gasteiger partial charge < -0.3 is 5.32 Å². The summed E-state index contributed by atoms with van der Waals surface area (Å²) in [5.74, 6) is 0.554. The van der Waals surface area contributed by atoms with Gasteiger partial charge >= 0.3 is 0 Å². The first-order chi connectivity index (χ1) is 16.6. The summed E-state index contributed by atoms with van der Waals surface area (Å²) < 4.78 is 0. The fourth-order valence-corrected chi connectivity index (χ4v) is 4.30. The number of carbonyl (C=O) groups excluding carboxylic acids is 1. The standard InChI is InChI=1S/C27H25ClN2OS.C2H6/c1-20(28)12-6-5-11-17-32-24-18-29-19-30-27(31)26(24)25(23-15-9-4-10-16-23)21(2)22-13-7-3-8-14-22;1-2/h3-16,19H,1,17-18H2,2H3,(H,29,30,31);1-2H3/b11-5-,12-6-,25-21+;. The van der Waals surface area contributed by atoms with Crippen molar-refractivity contribution in [3.8, 4) is 0 Å². The first kappa shape index (κ1) is 27.2. The van der Waals surface area contributed by atoms with Crippen LogP contribution in [0.5, 0.6) is 0 Å². The van der Waals surface area contributed by atoms with Gasteiger partial charge in [0.25, 0.3) is 5.91 Å². The Morgan fingerprint density at radius 3 is 2.29 bits per heavy atom. The van der Waals surface area contributed by atoms with Crippen molar-refractivity contribution in [3.63, 3.8) is 0 Å². The van der Waals surface area contributed by atoms with Crippen LogP contribution in [-0.4, -0.2) is 24.5 Å². The zero-order chi connectivity index (χ0) is 24.8. The fourth-order valence-electron chi connectivity index (χ4n) is 3.31. The van der Waals surface area contributed by atoms with Crippen molar-refractivity contribution in [1.29, 1.82) is 0 Å². The van der Waals surface area contributed by atoms with E-state index in [0.29, 0.717) is 22.9 Å². The van der Waals surface area contributed by atoms with E-state index in [9.17, 15) is 4.79 Å². The molecular formula is C29H31ClN2OS. The number of allylic oxidation sites excluding steroid dienone is 5. The van der Waals surface area contributed by atoms with Gasteiger partial charge in [0.15, 0.2) is 0 Å². The number of hydrogen-bond acceptors (Lipinski definition) is 3. The minimum absolute atomic E-state index is 0.148. The van der Waals surface area contributed by atoms with Crippen LogP contribution < -0.4 is 5.32 Å². The van der Waals surface area contributed by atoms with Crippen LogP contribution in [-0.2, 0) is 4.79 Å². The molecule has 0 atom stereocenters. The average molecular weight is 491 g/mol. The van der Waals surface area contributed by atoms with Gasteiger partial charge in [0, 0.05) is 15.7 Å². The van der Waals surface area contributed by atoms with Crippen molar-refractivity contribution >= 4 is 46.8 Å². The van der Waals surface area contributed by atoms with Gasteiger partial charge in [-0.1, -0.05) is 111 Å². The molecule has 1 amide bonds. The maximum atomic E-state index is 13.2. The van der Waals surface area contributed by atoms with E-state index in [4.69, 9.17) is 11.6 Å². The molecule has 1 aliphatic rings. The van der Waals surface area contributed by atoms with E-state index in [2.05, 4.69) is 35.9 Å². The number of carbonyl (C=O) groups is 1. The normalized spacial score (nSPS) is 14.4. The van der Waals surface area contributed by atoms with Gasteiger partial charge in [-0.3, -0.25) is 9.79 Å². The monoisotopic (exact) mass is 490 g/mol. The van der Waals surface area contributed by atoms with Gasteiger partial charge in [-0.2, -0.15) is 0 Å². The molecule has 0 unspecified atom stereocenters. The van der Waals surface area contributed by atoms with Gasteiger partial charge in [0.1, 0.15) is 0 Å². The Bertz CT molecular complexity index is 1110. The molecule has 1 heterocycles. The molecule has 0 bridgehead atoms. The molecule has 5 heteroatoms. The Morgan fingerprint density at radius 1 is 1.06 bits per heavy atom. The Balaban J connectivity index is 0.00000199.